The van der Waals surface area contributed by atoms with Crippen LogP contribution >= 0.6 is 0 Å². The van der Waals surface area contributed by atoms with Crippen molar-refractivity contribution in [3.8, 4) is 17.2 Å². The van der Waals surface area contributed by atoms with E-state index in [0.717, 1.165) is 22.7 Å². The number of anilines is 2. The summed E-state index contributed by atoms with van der Waals surface area (Å²) >= 11 is 0. The van der Waals surface area contributed by atoms with E-state index in [-0.39, 0.29) is 0 Å². The van der Waals surface area contributed by atoms with Crippen LogP contribution in [0.3, 0.4) is 0 Å². The smallest absolute Gasteiger partial charge is 0.231 e. The van der Waals surface area contributed by atoms with Crippen LogP contribution in [0.4, 0.5) is 11.4 Å². The molecule has 110 valence electrons. The number of benzene rings is 2. The minimum absolute atomic E-state index is 0.294. The molecule has 0 amide bonds. The molecule has 21 heavy (non-hydrogen) atoms. The molecule has 0 atom stereocenters. The number of fused-ring (bicyclic) bond motifs is 1. The number of nitrogen functional groups attached to an aromatic ring is 1. The number of hydrogen-bond donors (Lipinski definition) is 2. The maximum Gasteiger partial charge on any atom is 0.231 e. The molecule has 5 nitrogen and oxygen atoms in total. The molecule has 0 bridgehead atoms. The summed E-state index contributed by atoms with van der Waals surface area (Å²) in [7, 11) is 0. The van der Waals surface area contributed by atoms with Crippen LogP contribution in [0.15, 0.2) is 36.4 Å². The molecule has 0 radical (unpaired) electrons. The van der Waals surface area contributed by atoms with E-state index in [1.54, 1.807) is 0 Å². The fourth-order valence-corrected chi connectivity index (χ4v) is 2.18. The van der Waals surface area contributed by atoms with Gasteiger partial charge >= 0.3 is 0 Å². The Morgan fingerprint density at radius 1 is 1.14 bits per heavy atom. The van der Waals surface area contributed by atoms with Crippen LogP contribution in [0, 0.1) is 0 Å². The van der Waals surface area contributed by atoms with Gasteiger partial charge in [0.1, 0.15) is 5.75 Å². The first-order valence-corrected chi connectivity index (χ1v) is 6.91. The lowest BCUT2D eigenvalue weighted by Crippen LogP contribution is -2.02. The Bertz CT molecular complexity index is 643. The molecule has 0 spiro atoms. The molecule has 0 saturated heterocycles. The maximum absolute atomic E-state index is 5.86. The van der Waals surface area contributed by atoms with Crippen molar-refractivity contribution in [1.82, 2.24) is 0 Å². The molecule has 2 aromatic carbocycles. The van der Waals surface area contributed by atoms with Crippen molar-refractivity contribution in [3.63, 3.8) is 0 Å². The first kappa shape index (κ1) is 13.4. The lowest BCUT2D eigenvalue weighted by atomic mass is 10.2. The Morgan fingerprint density at radius 2 is 2.00 bits per heavy atom. The van der Waals surface area contributed by atoms with E-state index in [4.69, 9.17) is 19.9 Å². The second-order valence-corrected chi connectivity index (χ2v) is 4.73. The van der Waals surface area contributed by atoms with Gasteiger partial charge in [0, 0.05) is 18.3 Å². The summed E-state index contributed by atoms with van der Waals surface area (Å²) in [5.74, 6) is 2.29. The van der Waals surface area contributed by atoms with E-state index < -0.39 is 0 Å². The van der Waals surface area contributed by atoms with E-state index in [1.165, 1.54) is 0 Å². The first-order chi connectivity index (χ1) is 10.3. The van der Waals surface area contributed by atoms with Gasteiger partial charge in [-0.2, -0.15) is 0 Å². The van der Waals surface area contributed by atoms with E-state index in [9.17, 15) is 0 Å². The van der Waals surface area contributed by atoms with Gasteiger partial charge < -0.3 is 25.3 Å². The molecule has 3 rings (SSSR count). The molecule has 0 aliphatic carbocycles. The standard InChI is InChI=1S/C16H18N2O3/c1-2-19-15-8-12(4-5-13(15)17)18-9-11-3-6-14-16(7-11)21-10-20-14/h3-8,18H,2,9-10,17H2,1H3. The van der Waals surface area contributed by atoms with Crippen LogP contribution in [0.25, 0.3) is 0 Å². The lowest BCUT2D eigenvalue weighted by Gasteiger charge is -2.11. The molecule has 1 heterocycles. The third kappa shape index (κ3) is 2.97. The monoisotopic (exact) mass is 286 g/mol. The Balaban J connectivity index is 1.68. The zero-order valence-electron chi connectivity index (χ0n) is 11.9. The van der Waals surface area contributed by atoms with Crippen LogP contribution < -0.4 is 25.3 Å². The van der Waals surface area contributed by atoms with E-state index in [1.807, 2.05) is 43.3 Å². The van der Waals surface area contributed by atoms with Crippen LogP contribution in [-0.2, 0) is 6.54 Å². The van der Waals surface area contributed by atoms with Gasteiger partial charge in [0.2, 0.25) is 6.79 Å². The number of nitrogens with one attached hydrogen (secondary N) is 1. The number of hydrogen-bond acceptors (Lipinski definition) is 5. The third-order valence-electron chi connectivity index (χ3n) is 3.25. The highest BCUT2D eigenvalue weighted by Crippen LogP contribution is 2.33. The van der Waals surface area contributed by atoms with Gasteiger partial charge in [-0.25, -0.2) is 0 Å². The highest BCUT2D eigenvalue weighted by molar-refractivity contribution is 5.61. The van der Waals surface area contributed by atoms with Crippen molar-refractivity contribution in [3.05, 3.63) is 42.0 Å². The highest BCUT2D eigenvalue weighted by atomic mass is 16.7. The average molecular weight is 286 g/mol. The predicted molar refractivity (Wildman–Crippen MR) is 81.9 cm³/mol. The van der Waals surface area contributed by atoms with Crippen LogP contribution in [0.1, 0.15) is 12.5 Å². The van der Waals surface area contributed by atoms with Gasteiger partial charge in [0.25, 0.3) is 0 Å². The molecule has 3 N–H and O–H groups in total. The van der Waals surface area contributed by atoms with Gasteiger partial charge in [-0.3, -0.25) is 0 Å². The molecule has 1 aliphatic rings. The van der Waals surface area contributed by atoms with Crippen molar-refractivity contribution in [2.24, 2.45) is 0 Å². The molecule has 0 unspecified atom stereocenters. The zero-order valence-corrected chi connectivity index (χ0v) is 11.9. The minimum atomic E-state index is 0.294. The molecular weight excluding hydrogens is 268 g/mol. The summed E-state index contributed by atoms with van der Waals surface area (Å²) < 4.78 is 16.2. The Labute approximate surface area is 123 Å². The summed E-state index contributed by atoms with van der Waals surface area (Å²) in [4.78, 5) is 0. The fourth-order valence-electron chi connectivity index (χ4n) is 2.18. The highest BCUT2D eigenvalue weighted by Gasteiger charge is 2.13. The van der Waals surface area contributed by atoms with Crippen LogP contribution in [0.5, 0.6) is 17.2 Å². The summed E-state index contributed by atoms with van der Waals surface area (Å²) in [6, 6.07) is 11.6. The number of rotatable bonds is 5. The molecule has 0 saturated carbocycles. The topological polar surface area (TPSA) is 65.7 Å². The average Bonchev–Trinajstić information content (AvgIpc) is 2.96. The summed E-state index contributed by atoms with van der Waals surface area (Å²) in [6.45, 7) is 3.51. The van der Waals surface area contributed by atoms with E-state index >= 15 is 0 Å². The molecule has 0 fully saturated rings. The summed E-state index contributed by atoms with van der Waals surface area (Å²) in [5.41, 5.74) is 8.59. The molecule has 5 heteroatoms. The quantitative estimate of drug-likeness (QED) is 0.827. The SMILES string of the molecule is CCOc1cc(NCc2ccc3c(c2)OCO3)ccc1N. The second-order valence-electron chi connectivity index (χ2n) is 4.73. The van der Waals surface area contributed by atoms with Crippen molar-refractivity contribution in [2.45, 2.75) is 13.5 Å². The van der Waals surface area contributed by atoms with Gasteiger partial charge in [0.05, 0.1) is 12.3 Å². The Kier molecular flexibility index (Phi) is 3.73. The molecule has 1 aliphatic heterocycles. The van der Waals surface area contributed by atoms with E-state index in [0.29, 0.717) is 31.4 Å². The lowest BCUT2D eigenvalue weighted by molar-refractivity contribution is 0.174. The minimum Gasteiger partial charge on any atom is -0.492 e. The Hall–Kier alpha value is -2.56. The Morgan fingerprint density at radius 3 is 2.86 bits per heavy atom. The normalized spacial score (nSPS) is 12.2. The van der Waals surface area contributed by atoms with Crippen molar-refractivity contribution in [2.75, 3.05) is 24.5 Å². The van der Waals surface area contributed by atoms with Gasteiger partial charge in [-0.1, -0.05) is 6.07 Å². The molecule has 2 aromatic rings. The first-order valence-electron chi connectivity index (χ1n) is 6.91. The van der Waals surface area contributed by atoms with Gasteiger partial charge in [-0.15, -0.1) is 0 Å². The molecule has 0 aromatic heterocycles. The van der Waals surface area contributed by atoms with Crippen LogP contribution in [-0.4, -0.2) is 13.4 Å². The van der Waals surface area contributed by atoms with Crippen LogP contribution in [0.2, 0.25) is 0 Å². The fraction of sp³-hybridized carbons (Fsp3) is 0.250. The second kappa shape index (κ2) is 5.83. The maximum atomic E-state index is 5.86. The molecular formula is C16H18N2O3. The summed E-state index contributed by atoms with van der Waals surface area (Å²) in [6.07, 6.45) is 0. The number of nitrogens with two attached hydrogens (primary N) is 1. The van der Waals surface area contributed by atoms with Gasteiger partial charge in [-0.05, 0) is 36.8 Å². The van der Waals surface area contributed by atoms with Crippen molar-refractivity contribution >= 4 is 11.4 Å². The van der Waals surface area contributed by atoms with Crippen molar-refractivity contribution in [1.29, 1.82) is 0 Å². The van der Waals surface area contributed by atoms with Gasteiger partial charge in [0.15, 0.2) is 11.5 Å². The zero-order chi connectivity index (χ0) is 14.7. The van der Waals surface area contributed by atoms with Crippen molar-refractivity contribution < 1.29 is 14.2 Å². The van der Waals surface area contributed by atoms with E-state index in [2.05, 4.69) is 5.32 Å². The largest absolute Gasteiger partial charge is 0.492 e. The number of ether oxygens (including phenoxy) is 3. The third-order valence-corrected chi connectivity index (χ3v) is 3.25. The summed E-state index contributed by atoms with van der Waals surface area (Å²) in [5, 5.41) is 3.35. The predicted octanol–water partition coefficient (Wildman–Crippen LogP) is 3.01.